The normalized spacial score (nSPS) is 24.1. The summed E-state index contributed by atoms with van der Waals surface area (Å²) in [6.07, 6.45) is 2.17. The molecular weight excluding hydrogens is 284 g/mol. The molecule has 6 heteroatoms. The van der Waals surface area contributed by atoms with Crippen LogP contribution in [0.25, 0.3) is 0 Å². The van der Waals surface area contributed by atoms with Gasteiger partial charge in [0.25, 0.3) is 0 Å². The van der Waals surface area contributed by atoms with Crippen molar-refractivity contribution >= 4 is 33.5 Å². The fourth-order valence-electron chi connectivity index (χ4n) is 1.65. The second-order valence-electron chi connectivity index (χ2n) is 5.07. The van der Waals surface area contributed by atoms with Gasteiger partial charge in [-0.15, -0.1) is 0 Å². The summed E-state index contributed by atoms with van der Waals surface area (Å²) < 4.78 is 10.4. The second kappa shape index (κ2) is 8.04. The largest absolute Gasteiger partial charge is 0.462 e. The van der Waals surface area contributed by atoms with Crippen LogP contribution in [0.4, 0.5) is 0 Å². The van der Waals surface area contributed by atoms with E-state index in [1.807, 2.05) is 27.7 Å². The van der Waals surface area contributed by atoms with Crippen molar-refractivity contribution in [2.75, 3.05) is 0 Å². The molecule has 1 rings (SSSR count). The lowest BCUT2D eigenvalue weighted by molar-refractivity contribution is -0.147. The van der Waals surface area contributed by atoms with Gasteiger partial charge in [0, 0.05) is 0 Å². The van der Waals surface area contributed by atoms with Crippen molar-refractivity contribution in [2.24, 2.45) is 0 Å². The summed E-state index contributed by atoms with van der Waals surface area (Å²) >= 11 is 0. The summed E-state index contributed by atoms with van der Waals surface area (Å²) in [6.45, 7) is 7.37. The van der Waals surface area contributed by atoms with Gasteiger partial charge in [0.05, 0.1) is 12.2 Å². The van der Waals surface area contributed by atoms with Gasteiger partial charge in [-0.1, -0.05) is 21.6 Å². The highest BCUT2D eigenvalue weighted by Gasteiger charge is 2.31. The van der Waals surface area contributed by atoms with Gasteiger partial charge in [0.15, 0.2) is 0 Å². The third kappa shape index (κ3) is 6.08. The van der Waals surface area contributed by atoms with Gasteiger partial charge in [0.2, 0.25) is 0 Å². The molecule has 0 saturated carbocycles. The number of hydrogen-bond donors (Lipinski definition) is 0. The lowest BCUT2D eigenvalue weighted by atomic mass is 10.1. The fourth-order valence-corrected chi connectivity index (χ4v) is 4.57. The predicted octanol–water partition coefficient (Wildman–Crippen LogP) is 3.19. The zero-order valence-electron chi connectivity index (χ0n) is 11.9. The summed E-state index contributed by atoms with van der Waals surface area (Å²) in [6, 6.07) is 0. The van der Waals surface area contributed by atoms with E-state index < -0.39 is 0 Å². The third-order valence-electron chi connectivity index (χ3n) is 2.45. The Labute approximate surface area is 122 Å². The molecule has 2 atom stereocenters. The van der Waals surface area contributed by atoms with E-state index in [0.717, 1.165) is 19.3 Å². The average Bonchev–Trinajstić information content (AvgIpc) is 2.52. The van der Waals surface area contributed by atoms with Crippen molar-refractivity contribution in [3.05, 3.63) is 0 Å². The van der Waals surface area contributed by atoms with Gasteiger partial charge in [-0.3, -0.25) is 9.59 Å². The van der Waals surface area contributed by atoms with E-state index in [0.29, 0.717) is 0 Å². The molecule has 110 valence electrons. The SMILES string of the molecule is CC(C)OC(=O)[C@@H]1CCC[C@H](C(=O)OC(C)C)SS1. The summed E-state index contributed by atoms with van der Waals surface area (Å²) in [4.78, 5) is 23.7. The number of carbonyl (C=O) groups is 2. The molecule has 0 N–H and O–H groups in total. The standard InChI is InChI=1S/C13H22O4S2/c1-8(2)16-12(14)10-6-5-7-11(19-18-10)13(15)17-9(3)4/h8-11H,5-7H2,1-4H3/t10-,11+. The Hall–Kier alpha value is -0.360. The van der Waals surface area contributed by atoms with Crippen LogP contribution in [0, 0.1) is 0 Å². The molecule has 1 fully saturated rings. The summed E-state index contributed by atoms with van der Waals surface area (Å²) in [5.41, 5.74) is 0. The Morgan fingerprint density at radius 2 is 1.26 bits per heavy atom. The molecule has 4 nitrogen and oxygen atoms in total. The Morgan fingerprint density at radius 3 is 1.58 bits per heavy atom. The molecule has 0 aliphatic carbocycles. The number of esters is 2. The highest BCUT2D eigenvalue weighted by molar-refractivity contribution is 8.77. The first-order valence-electron chi connectivity index (χ1n) is 6.63. The van der Waals surface area contributed by atoms with Crippen LogP contribution in [0.15, 0.2) is 0 Å². The van der Waals surface area contributed by atoms with Crippen LogP contribution < -0.4 is 0 Å². The maximum absolute atomic E-state index is 11.8. The minimum absolute atomic E-state index is 0.0944. The smallest absolute Gasteiger partial charge is 0.320 e. The summed E-state index contributed by atoms with van der Waals surface area (Å²) in [5, 5.41) is -0.353. The van der Waals surface area contributed by atoms with Crippen molar-refractivity contribution in [3.8, 4) is 0 Å². The molecular formula is C13H22O4S2. The molecule has 0 radical (unpaired) electrons. The van der Waals surface area contributed by atoms with Crippen molar-refractivity contribution in [1.82, 2.24) is 0 Å². The van der Waals surface area contributed by atoms with Crippen molar-refractivity contribution < 1.29 is 19.1 Å². The lowest BCUT2D eigenvalue weighted by Crippen LogP contribution is -2.22. The Morgan fingerprint density at radius 1 is 0.895 bits per heavy atom. The molecule has 1 aliphatic rings. The highest BCUT2D eigenvalue weighted by Crippen LogP contribution is 2.40. The lowest BCUT2D eigenvalue weighted by Gasteiger charge is -2.16. The second-order valence-corrected chi connectivity index (χ2v) is 7.75. The third-order valence-corrected chi connectivity index (χ3v) is 5.61. The van der Waals surface area contributed by atoms with Gasteiger partial charge in [-0.25, -0.2) is 0 Å². The first kappa shape index (κ1) is 16.7. The van der Waals surface area contributed by atoms with E-state index in [9.17, 15) is 9.59 Å². The van der Waals surface area contributed by atoms with Gasteiger partial charge in [-0.05, 0) is 47.0 Å². The Balaban J connectivity index is 2.47. The molecule has 0 aromatic carbocycles. The van der Waals surface area contributed by atoms with Crippen LogP contribution in [-0.2, 0) is 19.1 Å². The van der Waals surface area contributed by atoms with Gasteiger partial charge < -0.3 is 9.47 Å². The van der Waals surface area contributed by atoms with Crippen molar-refractivity contribution in [3.63, 3.8) is 0 Å². The van der Waals surface area contributed by atoms with E-state index in [1.165, 1.54) is 21.6 Å². The first-order chi connectivity index (χ1) is 8.90. The van der Waals surface area contributed by atoms with Gasteiger partial charge in [-0.2, -0.15) is 0 Å². The maximum atomic E-state index is 11.8. The van der Waals surface area contributed by atoms with E-state index in [-0.39, 0.29) is 34.6 Å². The van der Waals surface area contributed by atoms with Crippen molar-refractivity contribution in [2.45, 2.75) is 69.7 Å². The van der Waals surface area contributed by atoms with Crippen molar-refractivity contribution in [1.29, 1.82) is 0 Å². The zero-order valence-corrected chi connectivity index (χ0v) is 13.5. The number of hydrogen-bond acceptors (Lipinski definition) is 6. The molecule has 1 heterocycles. The minimum Gasteiger partial charge on any atom is -0.462 e. The zero-order chi connectivity index (χ0) is 14.4. The molecule has 0 amide bonds. The van der Waals surface area contributed by atoms with Crippen LogP contribution in [0.1, 0.15) is 47.0 Å². The van der Waals surface area contributed by atoms with Crippen LogP contribution in [0.3, 0.4) is 0 Å². The Kier molecular flexibility index (Phi) is 7.07. The van der Waals surface area contributed by atoms with E-state index >= 15 is 0 Å². The predicted molar refractivity (Wildman–Crippen MR) is 79.1 cm³/mol. The van der Waals surface area contributed by atoms with E-state index in [2.05, 4.69) is 0 Å². The summed E-state index contributed by atoms with van der Waals surface area (Å²) in [5.74, 6) is -0.351. The van der Waals surface area contributed by atoms with E-state index in [4.69, 9.17) is 9.47 Å². The quantitative estimate of drug-likeness (QED) is 0.587. The van der Waals surface area contributed by atoms with Crippen LogP contribution in [0.2, 0.25) is 0 Å². The highest BCUT2D eigenvalue weighted by atomic mass is 33.1. The van der Waals surface area contributed by atoms with E-state index in [1.54, 1.807) is 0 Å². The molecule has 0 spiro atoms. The summed E-state index contributed by atoms with van der Waals surface area (Å²) in [7, 11) is 2.88. The van der Waals surface area contributed by atoms with Crippen LogP contribution >= 0.6 is 21.6 Å². The topological polar surface area (TPSA) is 52.6 Å². The van der Waals surface area contributed by atoms with Crippen LogP contribution in [-0.4, -0.2) is 34.6 Å². The van der Waals surface area contributed by atoms with Crippen LogP contribution in [0.5, 0.6) is 0 Å². The molecule has 0 aromatic rings. The molecule has 1 saturated heterocycles. The first-order valence-corrected chi connectivity index (χ1v) is 8.91. The fraction of sp³-hybridized carbons (Fsp3) is 0.846. The molecule has 0 unspecified atom stereocenters. The Bertz CT molecular complexity index is 288. The van der Waals surface area contributed by atoms with Gasteiger partial charge >= 0.3 is 11.9 Å². The molecule has 19 heavy (non-hydrogen) atoms. The maximum Gasteiger partial charge on any atom is 0.320 e. The molecule has 0 aromatic heterocycles. The molecule has 0 bridgehead atoms. The van der Waals surface area contributed by atoms with Gasteiger partial charge in [0.1, 0.15) is 10.5 Å². The number of rotatable bonds is 4. The minimum atomic E-state index is -0.177. The molecule has 1 aliphatic heterocycles. The average molecular weight is 306 g/mol. The monoisotopic (exact) mass is 306 g/mol. The number of carbonyl (C=O) groups excluding carboxylic acids is 2. The number of ether oxygens (including phenoxy) is 2.